The molecule has 14 heavy (non-hydrogen) atoms. The van der Waals surface area contributed by atoms with Gasteiger partial charge in [-0.2, -0.15) is 0 Å². The van der Waals surface area contributed by atoms with Gasteiger partial charge in [0, 0.05) is 7.05 Å². The molecule has 1 N–H and O–H groups in total. The van der Waals surface area contributed by atoms with Gasteiger partial charge in [0.25, 0.3) is 0 Å². The minimum absolute atomic E-state index is 0.623. The van der Waals surface area contributed by atoms with Gasteiger partial charge in [0.2, 0.25) is 0 Å². The minimum atomic E-state index is 0.623. The van der Waals surface area contributed by atoms with Crippen molar-refractivity contribution < 1.29 is 5.12 Å². The third-order valence-electron chi connectivity index (χ3n) is 2.15. The largest absolute Gasteiger partial charge is 0.411 e. The lowest BCUT2D eigenvalue weighted by molar-refractivity contribution is -0.885. The van der Waals surface area contributed by atoms with Crippen LogP contribution in [-0.2, 0) is 13.6 Å². The van der Waals surface area contributed by atoms with E-state index >= 15 is 0 Å². The van der Waals surface area contributed by atoms with Crippen molar-refractivity contribution >= 4 is 5.84 Å². The fourth-order valence-electron chi connectivity index (χ4n) is 1.21. The number of nitrogens with one attached hydrogen (secondary N) is 1. The van der Waals surface area contributed by atoms with E-state index in [9.17, 15) is 0 Å². The van der Waals surface area contributed by atoms with Crippen LogP contribution in [0.3, 0.4) is 0 Å². The van der Waals surface area contributed by atoms with Crippen LogP contribution >= 0.6 is 0 Å². The molecule has 1 aliphatic heterocycles. The molecule has 0 aromatic carbocycles. The van der Waals surface area contributed by atoms with E-state index in [1.54, 1.807) is 11.3 Å². The molecule has 0 fully saturated rings. The Morgan fingerprint density at radius 3 is 2.79 bits per heavy atom. The smallest absolute Gasteiger partial charge is 0.189 e. The van der Waals surface area contributed by atoms with Gasteiger partial charge in [0.15, 0.2) is 12.4 Å². The number of aryl methyl sites for hydroxylation is 1. The number of hydrogen-bond acceptors (Lipinski definition) is 4. The number of amidine groups is 1. The molecule has 0 saturated carbocycles. The quantitative estimate of drug-likeness (QED) is 0.636. The Labute approximate surface area is 82.0 Å². The molecule has 0 aliphatic carbocycles. The summed E-state index contributed by atoms with van der Waals surface area (Å²) in [7, 11) is 3.79. The van der Waals surface area contributed by atoms with Crippen molar-refractivity contribution in [3.8, 4) is 0 Å². The van der Waals surface area contributed by atoms with E-state index in [0.717, 1.165) is 16.8 Å². The fourth-order valence-corrected chi connectivity index (χ4v) is 1.21. The van der Waals surface area contributed by atoms with Crippen molar-refractivity contribution in [3.63, 3.8) is 0 Å². The Morgan fingerprint density at radius 1 is 1.50 bits per heavy atom. The van der Waals surface area contributed by atoms with Crippen molar-refractivity contribution in [3.05, 3.63) is 17.7 Å². The lowest BCUT2D eigenvalue weighted by Gasteiger charge is -2.25. The van der Waals surface area contributed by atoms with E-state index in [1.165, 1.54) is 0 Å². The average molecular weight is 195 g/mol. The summed E-state index contributed by atoms with van der Waals surface area (Å²) in [6.07, 6.45) is 1.67. The number of quaternary nitrogens is 1. The Balaban J connectivity index is 2.04. The van der Waals surface area contributed by atoms with Crippen molar-refractivity contribution in [1.82, 2.24) is 19.8 Å². The lowest BCUT2D eigenvalue weighted by atomic mass is 10.6. The maximum Gasteiger partial charge on any atom is 0.189 e. The highest BCUT2D eigenvalue weighted by Gasteiger charge is 2.13. The molecule has 1 aliphatic rings. The highest BCUT2D eigenvalue weighted by atomic mass is 15.9. The van der Waals surface area contributed by atoms with Crippen LogP contribution in [0.5, 0.6) is 0 Å². The molecule has 0 radical (unpaired) electrons. The van der Waals surface area contributed by atoms with Gasteiger partial charge in [-0.05, 0) is 14.0 Å². The van der Waals surface area contributed by atoms with Crippen molar-refractivity contribution in [2.45, 2.75) is 13.5 Å². The molecule has 7 heteroatoms. The third-order valence-corrected chi connectivity index (χ3v) is 2.15. The summed E-state index contributed by atoms with van der Waals surface area (Å²) in [4.78, 5) is 0. The second kappa shape index (κ2) is 3.35. The third kappa shape index (κ3) is 1.59. The minimum Gasteiger partial charge on any atom is -0.411 e. The molecule has 0 saturated heterocycles. The Kier molecular flexibility index (Phi) is 2.18. The predicted octanol–water partition coefficient (Wildman–Crippen LogP) is -1.32. The Morgan fingerprint density at radius 2 is 2.29 bits per heavy atom. The molecule has 1 unspecified atom stereocenters. The van der Waals surface area contributed by atoms with Gasteiger partial charge in [-0.15, -0.1) is 10.2 Å². The molecule has 0 spiro atoms. The summed E-state index contributed by atoms with van der Waals surface area (Å²) in [6.45, 7) is 2.55. The van der Waals surface area contributed by atoms with Crippen LogP contribution in [0.4, 0.5) is 0 Å². The zero-order chi connectivity index (χ0) is 10.1. The normalized spacial score (nSPS) is 21.5. The second-order valence-corrected chi connectivity index (χ2v) is 3.23. The molecule has 1 atom stereocenters. The number of nitrogens with zero attached hydrogens (tertiary/aromatic N) is 6. The number of hydrogen-bond donors (Lipinski definition) is 1. The molecule has 0 amide bonds. The van der Waals surface area contributed by atoms with Crippen LogP contribution < -0.4 is 5.12 Å². The van der Waals surface area contributed by atoms with E-state index in [-0.39, 0.29) is 0 Å². The highest BCUT2D eigenvalue weighted by molar-refractivity contribution is 5.80. The van der Waals surface area contributed by atoms with Crippen LogP contribution in [0.1, 0.15) is 12.7 Å². The van der Waals surface area contributed by atoms with Gasteiger partial charge in [-0.3, -0.25) is 5.12 Å². The first-order valence-electron chi connectivity index (χ1n) is 4.36. The van der Waals surface area contributed by atoms with Crippen LogP contribution in [-0.4, -0.2) is 32.7 Å². The van der Waals surface area contributed by atoms with E-state index in [2.05, 4.69) is 20.8 Å². The summed E-state index contributed by atoms with van der Waals surface area (Å²) in [5.74, 6) is 1.78. The first-order valence-corrected chi connectivity index (χ1v) is 4.36. The van der Waals surface area contributed by atoms with Crippen molar-refractivity contribution in [2.24, 2.45) is 12.1 Å². The Hall–Kier alpha value is -1.47. The van der Waals surface area contributed by atoms with Crippen LogP contribution in [0.15, 0.2) is 11.4 Å². The van der Waals surface area contributed by atoms with E-state index in [0.29, 0.717) is 6.54 Å². The van der Waals surface area contributed by atoms with E-state index < -0.39 is 0 Å². The maximum atomic E-state index is 4.30. The zero-order valence-electron chi connectivity index (χ0n) is 8.47. The predicted molar refractivity (Wildman–Crippen MR) is 49.9 cm³/mol. The van der Waals surface area contributed by atoms with Gasteiger partial charge in [-0.1, -0.05) is 5.10 Å². The summed E-state index contributed by atoms with van der Waals surface area (Å²) >= 11 is 0. The molecule has 2 rings (SSSR count). The monoisotopic (exact) mass is 195 g/mol. The molecule has 76 valence electrons. The second-order valence-electron chi connectivity index (χ2n) is 3.23. The van der Waals surface area contributed by atoms with E-state index in [1.807, 2.05) is 25.6 Å². The fraction of sp³-hybridized carbons (Fsp3) is 0.571. The molecule has 2 heterocycles. The summed E-state index contributed by atoms with van der Waals surface area (Å²) < 4.78 is 1.87. The standard InChI is InChI=1S/C7H13N7/c1-6-10-14(11-13(6)3)4-7-9-8-5-12(7)2/h5,14H,4H2,1-3H3. The van der Waals surface area contributed by atoms with Gasteiger partial charge < -0.3 is 15.1 Å². The molecule has 7 nitrogen and oxygen atoms in total. The van der Waals surface area contributed by atoms with Crippen LogP contribution in [0.2, 0.25) is 0 Å². The first kappa shape index (κ1) is 9.10. The highest BCUT2D eigenvalue weighted by Crippen LogP contribution is 1.97. The topological polar surface area (TPSA) is 64.8 Å². The van der Waals surface area contributed by atoms with Gasteiger partial charge in [0.1, 0.15) is 12.2 Å². The zero-order valence-corrected chi connectivity index (χ0v) is 8.47. The molecular formula is C7H13N7. The van der Waals surface area contributed by atoms with Crippen LogP contribution in [0.25, 0.3) is 5.53 Å². The summed E-state index contributed by atoms with van der Waals surface area (Å²) in [6, 6.07) is 0. The molecule has 0 bridgehead atoms. The first-order chi connectivity index (χ1) is 6.66. The summed E-state index contributed by atoms with van der Waals surface area (Å²) in [5, 5.41) is 14.6. The lowest BCUT2D eigenvalue weighted by Crippen LogP contribution is -3.00. The van der Waals surface area contributed by atoms with Gasteiger partial charge in [0.05, 0.1) is 0 Å². The number of rotatable bonds is 2. The molecule has 1 aromatic rings. The van der Waals surface area contributed by atoms with Crippen molar-refractivity contribution in [1.29, 1.82) is 0 Å². The summed E-state index contributed by atoms with van der Waals surface area (Å²) in [5.41, 5.74) is 4.25. The van der Waals surface area contributed by atoms with Crippen molar-refractivity contribution in [2.75, 3.05) is 7.05 Å². The molecule has 1 aromatic heterocycles. The molecular weight excluding hydrogens is 182 g/mol. The van der Waals surface area contributed by atoms with E-state index in [4.69, 9.17) is 0 Å². The van der Waals surface area contributed by atoms with Gasteiger partial charge in [-0.25, -0.2) is 0 Å². The number of aromatic nitrogens is 3. The van der Waals surface area contributed by atoms with Crippen LogP contribution in [0, 0.1) is 0 Å². The maximum absolute atomic E-state index is 4.30. The SMILES string of the molecule is CC1=N[NH+](Cc2nncn2C)[N-]N1C. The average Bonchev–Trinajstić information content (AvgIpc) is 2.63. The Bertz CT molecular complexity index is 355. The van der Waals surface area contributed by atoms with Gasteiger partial charge >= 0.3 is 0 Å².